The summed E-state index contributed by atoms with van der Waals surface area (Å²) in [4.78, 5) is 23.7. The molecule has 1 aliphatic rings. The lowest BCUT2D eigenvalue weighted by Crippen LogP contribution is -2.41. The Morgan fingerprint density at radius 1 is 1.08 bits per heavy atom. The lowest BCUT2D eigenvalue weighted by Gasteiger charge is -2.29. The molecule has 0 N–H and O–H groups in total. The van der Waals surface area contributed by atoms with E-state index in [-0.39, 0.29) is 11.3 Å². The molecule has 0 atom stereocenters. The van der Waals surface area contributed by atoms with Crippen molar-refractivity contribution in [3.8, 4) is 11.5 Å². The van der Waals surface area contributed by atoms with Crippen molar-refractivity contribution in [1.29, 1.82) is 0 Å². The zero-order valence-corrected chi connectivity index (χ0v) is 12.9. The SMILES string of the molecule is COc1ccc(C=C2C(=O)OC(C)(C)OC2=O)cc1OC(F)(F)F. The minimum Gasteiger partial charge on any atom is -0.493 e. The quantitative estimate of drug-likeness (QED) is 0.476. The van der Waals surface area contributed by atoms with E-state index in [4.69, 9.17) is 14.2 Å². The highest BCUT2D eigenvalue weighted by atomic mass is 19.4. The van der Waals surface area contributed by atoms with Crippen LogP contribution >= 0.6 is 0 Å². The van der Waals surface area contributed by atoms with E-state index in [0.717, 1.165) is 12.1 Å². The number of halogens is 3. The number of hydrogen-bond donors (Lipinski definition) is 0. The highest BCUT2D eigenvalue weighted by Gasteiger charge is 2.39. The van der Waals surface area contributed by atoms with Gasteiger partial charge in [0.05, 0.1) is 7.11 Å². The zero-order valence-electron chi connectivity index (χ0n) is 12.9. The maximum absolute atomic E-state index is 12.4. The highest BCUT2D eigenvalue weighted by molar-refractivity contribution is 6.18. The molecule has 0 saturated carbocycles. The Hall–Kier alpha value is -2.71. The van der Waals surface area contributed by atoms with Crippen LogP contribution in [0, 0.1) is 0 Å². The molecule has 1 aromatic rings. The molecule has 0 aromatic heterocycles. The first-order valence-corrected chi connectivity index (χ1v) is 6.63. The first-order chi connectivity index (χ1) is 11.0. The first-order valence-electron chi connectivity index (χ1n) is 6.63. The van der Waals surface area contributed by atoms with Crippen LogP contribution in [0.1, 0.15) is 19.4 Å². The predicted molar refractivity (Wildman–Crippen MR) is 73.9 cm³/mol. The maximum atomic E-state index is 12.4. The molecule has 130 valence electrons. The number of ether oxygens (including phenoxy) is 4. The molecule has 24 heavy (non-hydrogen) atoms. The molecule has 1 aromatic carbocycles. The summed E-state index contributed by atoms with van der Waals surface area (Å²) in [7, 11) is 1.18. The lowest BCUT2D eigenvalue weighted by molar-refractivity contribution is -0.275. The van der Waals surface area contributed by atoms with Gasteiger partial charge in [-0.05, 0) is 23.8 Å². The molecule has 2 rings (SSSR count). The van der Waals surface area contributed by atoms with Crippen molar-refractivity contribution < 1.29 is 41.7 Å². The number of rotatable bonds is 3. The molecule has 1 saturated heterocycles. The van der Waals surface area contributed by atoms with Gasteiger partial charge in [0.2, 0.25) is 0 Å². The van der Waals surface area contributed by atoms with Crippen LogP contribution in [0.2, 0.25) is 0 Å². The maximum Gasteiger partial charge on any atom is 0.573 e. The molecule has 0 unspecified atom stereocenters. The average molecular weight is 346 g/mol. The van der Waals surface area contributed by atoms with Gasteiger partial charge in [-0.1, -0.05) is 6.07 Å². The van der Waals surface area contributed by atoms with Crippen molar-refractivity contribution in [2.24, 2.45) is 0 Å². The zero-order chi connectivity index (χ0) is 18.1. The number of benzene rings is 1. The third-order valence-electron chi connectivity index (χ3n) is 2.84. The van der Waals surface area contributed by atoms with E-state index in [1.54, 1.807) is 0 Å². The van der Waals surface area contributed by atoms with Gasteiger partial charge in [0.15, 0.2) is 11.5 Å². The standard InChI is InChI=1S/C15H13F3O6/c1-14(2)23-12(19)9(13(20)24-14)6-8-4-5-10(21-3)11(7-8)22-15(16,17)18/h4-7H,1-3H3. The molecule has 0 aliphatic carbocycles. The molecule has 1 heterocycles. The number of esters is 2. The smallest absolute Gasteiger partial charge is 0.493 e. The van der Waals surface area contributed by atoms with Crippen molar-refractivity contribution >= 4 is 18.0 Å². The van der Waals surface area contributed by atoms with Gasteiger partial charge < -0.3 is 18.9 Å². The second-order valence-corrected chi connectivity index (χ2v) is 5.19. The summed E-state index contributed by atoms with van der Waals surface area (Å²) in [6.07, 6.45) is -3.88. The largest absolute Gasteiger partial charge is 0.573 e. The van der Waals surface area contributed by atoms with Crippen molar-refractivity contribution in [1.82, 2.24) is 0 Å². The topological polar surface area (TPSA) is 71.1 Å². The van der Waals surface area contributed by atoms with Crippen molar-refractivity contribution in [3.63, 3.8) is 0 Å². The number of methoxy groups -OCH3 is 1. The number of carbonyl (C=O) groups excluding carboxylic acids is 2. The van der Waals surface area contributed by atoms with Crippen LogP contribution < -0.4 is 9.47 Å². The summed E-state index contributed by atoms with van der Waals surface area (Å²) in [5, 5.41) is 0. The van der Waals surface area contributed by atoms with E-state index in [9.17, 15) is 22.8 Å². The molecule has 0 bridgehead atoms. The third kappa shape index (κ3) is 4.18. The first kappa shape index (κ1) is 17.6. The van der Waals surface area contributed by atoms with Crippen LogP contribution in [0.25, 0.3) is 6.08 Å². The van der Waals surface area contributed by atoms with Crippen LogP contribution in [-0.4, -0.2) is 31.2 Å². The normalized spacial score (nSPS) is 17.0. The Balaban J connectivity index is 2.37. The average Bonchev–Trinajstić information content (AvgIpc) is 2.40. The van der Waals surface area contributed by atoms with E-state index in [2.05, 4.69) is 4.74 Å². The molecular formula is C15H13F3O6. The fraction of sp³-hybridized carbons (Fsp3) is 0.333. The lowest BCUT2D eigenvalue weighted by atomic mass is 10.1. The highest BCUT2D eigenvalue weighted by Crippen LogP contribution is 2.34. The van der Waals surface area contributed by atoms with E-state index >= 15 is 0 Å². The molecule has 0 spiro atoms. The van der Waals surface area contributed by atoms with Gasteiger partial charge in [0, 0.05) is 13.8 Å². The van der Waals surface area contributed by atoms with Gasteiger partial charge in [-0.3, -0.25) is 0 Å². The number of carbonyl (C=O) groups is 2. The molecule has 1 fully saturated rings. The summed E-state index contributed by atoms with van der Waals surface area (Å²) in [6, 6.07) is 3.52. The fourth-order valence-electron chi connectivity index (χ4n) is 1.93. The fourth-order valence-corrected chi connectivity index (χ4v) is 1.93. The van der Waals surface area contributed by atoms with E-state index in [1.165, 1.54) is 33.1 Å². The number of alkyl halides is 3. The van der Waals surface area contributed by atoms with E-state index < -0.39 is 35.4 Å². The summed E-state index contributed by atoms with van der Waals surface area (Å²) < 4.78 is 55.7. The molecule has 1 aliphatic heterocycles. The van der Waals surface area contributed by atoms with Gasteiger partial charge in [0.25, 0.3) is 5.79 Å². The van der Waals surface area contributed by atoms with Crippen molar-refractivity contribution in [3.05, 3.63) is 29.3 Å². The summed E-state index contributed by atoms with van der Waals surface area (Å²) in [6.45, 7) is 2.75. The minimum absolute atomic E-state index is 0.0960. The number of cyclic esters (lactones) is 2. The Labute approximate surface area is 134 Å². The Kier molecular flexibility index (Phi) is 4.46. The van der Waals surface area contributed by atoms with Crippen molar-refractivity contribution in [2.45, 2.75) is 26.0 Å². The molecule has 9 heteroatoms. The van der Waals surface area contributed by atoms with Crippen LogP contribution in [0.5, 0.6) is 11.5 Å². The molecule has 0 amide bonds. The van der Waals surface area contributed by atoms with Gasteiger partial charge >= 0.3 is 18.3 Å². The Morgan fingerprint density at radius 2 is 1.67 bits per heavy atom. The summed E-state index contributed by atoms with van der Waals surface area (Å²) in [5.41, 5.74) is -0.351. The molecule has 6 nitrogen and oxygen atoms in total. The minimum atomic E-state index is -4.92. The van der Waals surface area contributed by atoms with Gasteiger partial charge in [-0.15, -0.1) is 13.2 Å². The van der Waals surface area contributed by atoms with Crippen molar-refractivity contribution in [2.75, 3.05) is 7.11 Å². The van der Waals surface area contributed by atoms with Crippen LogP contribution in [0.3, 0.4) is 0 Å². The van der Waals surface area contributed by atoms with Gasteiger partial charge in [-0.25, -0.2) is 9.59 Å². The second kappa shape index (κ2) is 6.06. The Bertz CT molecular complexity index is 684. The predicted octanol–water partition coefficient (Wildman–Crippen LogP) is 2.81. The van der Waals surface area contributed by atoms with Crippen LogP contribution in [0.15, 0.2) is 23.8 Å². The van der Waals surface area contributed by atoms with Gasteiger partial charge in [-0.2, -0.15) is 0 Å². The molecular weight excluding hydrogens is 333 g/mol. The monoisotopic (exact) mass is 346 g/mol. The summed E-state index contributed by atoms with van der Waals surface area (Å²) >= 11 is 0. The van der Waals surface area contributed by atoms with E-state index in [0.29, 0.717) is 0 Å². The summed E-state index contributed by atoms with van der Waals surface area (Å²) in [5.74, 6) is -4.06. The van der Waals surface area contributed by atoms with E-state index in [1.807, 2.05) is 0 Å². The second-order valence-electron chi connectivity index (χ2n) is 5.19. The van der Waals surface area contributed by atoms with Gasteiger partial charge in [0.1, 0.15) is 5.57 Å². The van der Waals surface area contributed by atoms with Crippen LogP contribution in [0.4, 0.5) is 13.2 Å². The van der Waals surface area contributed by atoms with Crippen LogP contribution in [-0.2, 0) is 19.1 Å². The molecule has 0 radical (unpaired) electrons. The number of hydrogen-bond acceptors (Lipinski definition) is 6. The third-order valence-corrected chi connectivity index (χ3v) is 2.84. The Morgan fingerprint density at radius 3 is 2.17 bits per heavy atom.